The van der Waals surface area contributed by atoms with Crippen molar-refractivity contribution in [2.45, 2.75) is 12.6 Å². The van der Waals surface area contributed by atoms with Crippen LogP contribution in [0.15, 0.2) is 42.6 Å². The molecule has 1 aliphatic heterocycles. The minimum Gasteiger partial charge on any atom is -0.371 e. The smallest absolute Gasteiger partial charge is 0.124 e. The molecule has 0 bridgehead atoms. The molecular weight excluding hydrogens is 329 g/mol. The minimum atomic E-state index is -0.329. The molecule has 124 valence electrons. The van der Waals surface area contributed by atoms with Gasteiger partial charge in [-0.25, -0.2) is 4.39 Å². The van der Waals surface area contributed by atoms with Crippen LogP contribution in [-0.4, -0.2) is 34.8 Å². The average Bonchev–Trinajstić information content (AvgIpc) is 3.03. The van der Waals surface area contributed by atoms with Crippen LogP contribution in [0.1, 0.15) is 17.2 Å². The molecule has 1 aromatic heterocycles. The van der Waals surface area contributed by atoms with Crippen LogP contribution in [-0.2, 0) is 11.3 Å². The van der Waals surface area contributed by atoms with Gasteiger partial charge >= 0.3 is 0 Å². The van der Waals surface area contributed by atoms with Crippen LogP contribution in [0.5, 0.6) is 0 Å². The number of fused-ring (bicyclic) bond motifs is 1. The Morgan fingerprint density at radius 3 is 3.08 bits per heavy atom. The number of nitrogens with one attached hydrogen (secondary N) is 1. The SMILES string of the molecule is Fc1ccc(C2CN(Cc3ccc4cn[nH]c4c3)CCO2)c(Cl)c1. The normalized spacial score (nSPS) is 19.0. The van der Waals surface area contributed by atoms with Crippen LogP contribution in [0.2, 0.25) is 5.02 Å². The van der Waals surface area contributed by atoms with Crippen molar-refractivity contribution < 1.29 is 9.13 Å². The standard InChI is InChI=1S/C18H17ClFN3O/c19-16-8-14(20)3-4-15(16)18-11-23(5-6-24-18)10-12-1-2-13-9-21-22-17(13)7-12/h1-4,7-9,18H,5-6,10-11H2,(H,21,22). The summed E-state index contributed by atoms with van der Waals surface area (Å²) < 4.78 is 19.1. The van der Waals surface area contributed by atoms with Gasteiger partial charge in [0.1, 0.15) is 5.82 Å². The largest absolute Gasteiger partial charge is 0.371 e. The topological polar surface area (TPSA) is 41.2 Å². The van der Waals surface area contributed by atoms with Gasteiger partial charge in [0.2, 0.25) is 0 Å². The summed E-state index contributed by atoms with van der Waals surface area (Å²) in [6.07, 6.45) is 1.68. The molecule has 1 unspecified atom stereocenters. The monoisotopic (exact) mass is 345 g/mol. The lowest BCUT2D eigenvalue weighted by Gasteiger charge is -2.33. The van der Waals surface area contributed by atoms with Crippen LogP contribution >= 0.6 is 11.6 Å². The molecule has 0 amide bonds. The molecule has 6 heteroatoms. The highest BCUT2D eigenvalue weighted by molar-refractivity contribution is 6.31. The van der Waals surface area contributed by atoms with E-state index in [-0.39, 0.29) is 11.9 Å². The second-order valence-corrected chi connectivity index (χ2v) is 6.46. The number of benzene rings is 2. The van der Waals surface area contributed by atoms with Crippen LogP contribution in [0, 0.1) is 5.82 Å². The Labute approximate surface area is 144 Å². The maximum atomic E-state index is 13.2. The highest BCUT2D eigenvalue weighted by Gasteiger charge is 2.24. The lowest BCUT2D eigenvalue weighted by molar-refractivity contribution is -0.0328. The lowest BCUT2D eigenvalue weighted by atomic mass is 10.1. The van der Waals surface area contributed by atoms with Gasteiger partial charge in [-0.2, -0.15) is 5.10 Å². The van der Waals surface area contributed by atoms with Crippen molar-refractivity contribution in [3.63, 3.8) is 0 Å². The number of aromatic nitrogens is 2. The Balaban J connectivity index is 1.50. The van der Waals surface area contributed by atoms with Gasteiger partial charge in [0.25, 0.3) is 0 Å². The number of H-pyrrole nitrogens is 1. The third kappa shape index (κ3) is 3.15. The maximum absolute atomic E-state index is 13.2. The molecule has 1 aliphatic rings. The summed E-state index contributed by atoms with van der Waals surface area (Å²) in [6, 6.07) is 10.8. The summed E-state index contributed by atoms with van der Waals surface area (Å²) in [5.41, 5.74) is 3.10. The molecule has 4 rings (SSSR count). The van der Waals surface area contributed by atoms with E-state index in [0.717, 1.165) is 36.1 Å². The fourth-order valence-corrected chi connectivity index (χ4v) is 3.43. The summed E-state index contributed by atoms with van der Waals surface area (Å²) in [7, 11) is 0. The first-order valence-electron chi connectivity index (χ1n) is 7.90. The number of rotatable bonds is 3. The first-order valence-corrected chi connectivity index (χ1v) is 8.28. The Morgan fingerprint density at radius 2 is 2.21 bits per heavy atom. The van der Waals surface area contributed by atoms with E-state index in [1.807, 2.05) is 6.20 Å². The van der Waals surface area contributed by atoms with Gasteiger partial charge < -0.3 is 4.74 Å². The molecule has 1 fully saturated rings. The van der Waals surface area contributed by atoms with Crippen molar-refractivity contribution in [2.75, 3.05) is 19.7 Å². The zero-order chi connectivity index (χ0) is 16.5. The molecule has 1 saturated heterocycles. The molecule has 0 radical (unpaired) electrons. The van der Waals surface area contributed by atoms with E-state index in [9.17, 15) is 4.39 Å². The maximum Gasteiger partial charge on any atom is 0.124 e. The zero-order valence-electron chi connectivity index (χ0n) is 13.0. The number of ether oxygens (including phenoxy) is 1. The van der Waals surface area contributed by atoms with E-state index in [2.05, 4.69) is 33.3 Å². The number of halogens is 2. The quantitative estimate of drug-likeness (QED) is 0.782. The molecular formula is C18H17ClFN3O. The third-order valence-electron chi connectivity index (χ3n) is 4.37. The van der Waals surface area contributed by atoms with Gasteiger partial charge in [0.05, 0.1) is 24.4 Å². The van der Waals surface area contributed by atoms with Crippen molar-refractivity contribution in [3.05, 3.63) is 64.6 Å². The van der Waals surface area contributed by atoms with Gasteiger partial charge in [0, 0.05) is 35.6 Å². The number of morpholine rings is 1. The second kappa shape index (κ2) is 6.51. The molecule has 2 aromatic carbocycles. The Kier molecular flexibility index (Phi) is 4.22. The van der Waals surface area contributed by atoms with Gasteiger partial charge in [-0.3, -0.25) is 10.00 Å². The fraction of sp³-hybridized carbons (Fsp3) is 0.278. The Hall–Kier alpha value is -1.95. The summed E-state index contributed by atoms with van der Waals surface area (Å²) >= 11 is 6.17. The van der Waals surface area contributed by atoms with Crippen molar-refractivity contribution in [3.8, 4) is 0 Å². The first kappa shape index (κ1) is 15.6. The molecule has 24 heavy (non-hydrogen) atoms. The summed E-state index contributed by atoms with van der Waals surface area (Å²) in [4.78, 5) is 2.32. The number of hydrogen-bond acceptors (Lipinski definition) is 3. The highest BCUT2D eigenvalue weighted by Crippen LogP contribution is 2.29. The molecule has 4 nitrogen and oxygen atoms in total. The lowest BCUT2D eigenvalue weighted by Crippen LogP contribution is -2.37. The van der Waals surface area contributed by atoms with Crippen LogP contribution < -0.4 is 0 Å². The molecule has 0 spiro atoms. The molecule has 0 aliphatic carbocycles. The molecule has 0 saturated carbocycles. The van der Waals surface area contributed by atoms with E-state index in [1.54, 1.807) is 6.07 Å². The second-order valence-electron chi connectivity index (χ2n) is 6.05. The zero-order valence-corrected chi connectivity index (χ0v) is 13.8. The van der Waals surface area contributed by atoms with Crippen LogP contribution in [0.25, 0.3) is 10.9 Å². The van der Waals surface area contributed by atoms with Crippen molar-refractivity contribution in [1.29, 1.82) is 0 Å². The highest BCUT2D eigenvalue weighted by atomic mass is 35.5. The van der Waals surface area contributed by atoms with Crippen molar-refractivity contribution in [2.24, 2.45) is 0 Å². The number of aromatic amines is 1. The minimum absolute atomic E-state index is 0.136. The van der Waals surface area contributed by atoms with E-state index >= 15 is 0 Å². The van der Waals surface area contributed by atoms with Crippen molar-refractivity contribution in [1.82, 2.24) is 15.1 Å². The number of hydrogen-bond donors (Lipinski definition) is 1. The summed E-state index contributed by atoms with van der Waals surface area (Å²) in [6.45, 7) is 3.04. The Bertz CT molecular complexity index is 866. The molecule has 1 N–H and O–H groups in total. The average molecular weight is 346 g/mol. The summed E-state index contributed by atoms with van der Waals surface area (Å²) in [5, 5.41) is 8.58. The van der Waals surface area contributed by atoms with E-state index < -0.39 is 0 Å². The van der Waals surface area contributed by atoms with E-state index in [4.69, 9.17) is 16.3 Å². The summed E-state index contributed by atoms with van der Waals surface area (Å²) in [5.74, 6) is -0.329. The molecule has 2 heterocycles. The van der Waals surface area contributed by atoms with Crippen molar-refractivity contribution >= 4 is 22.5 Å². The molecule has 3 aromatic rings. The van der Waals surface area contributed by atoms with Crippen LogP contribution in [0.3, 0.4) is 0 Å². The van der Waals surface area contributed by atoms with Crippen LogP contribution in [0.4, 0.5) is 4.39 Å². The predicted molar refractivity (Wildman–Crippen MR) is 91.5 cm³/mol. The predicted octanol–water partition coefficient (Wildman–Crippen LogP) is 3.93. The first-order chi connectivity index (χ1) is 11.7. The van der Waals surface area contributed by atoms with Gasteiger partial charge in [0.15, 0.2) is 0 Å². The number of nitrogens with zero attached hydrogens (tertiary/aromatic N) is 2. The van der Waals surface area contributed by atoms with Gasteiger partial charge in [-0.1, -0.05) is 29.8 Å². The third-order valence-corrected chi connectivity index (χ3v) is 4.70. The van der Waals surface area contributed by atoms with Gasteiger partial charge in [-0.05, 0) is 23.8 Å². The van der Waals surface area contributed by atoms with E-state index in [1.165, 1.54) is 17.7 Å². The van der Waals surface area contributed by atoms with E-state index in [0.29, 0.717) is 11.6 Å². The fourth-order valence-electron chi connectivity index (χ4n) is 3.14. The van der Waals surface area contributed by atoms with Gasteiger partial charge in [-0.15, -0.1) is 0 Å². The molecule has 1 atom stereocenters. The Morgan fingerprint density at radius 1 is 1.29 bits per heavy atom.